The number of ether oxygens (including phenoxy) is 2. The zero-order chi connectivity index (χ0) is 23.3. The lowest BCUT2D eigenvalue weighted by Gasteiger charge is -2.22. The summed E-state index contributed by atoms with van der Waals surface area (Å²) in [6.07, 6.45) is 3.97. The molecule has 174 valence electrons. The van der Waals surface area contributed by atoms with Gasteiger partial charge in [0, 0.05) is 23.7 Å². The van der Waals surface area contributed by atoms with Gasteiger partial charge in [0.25, 0.3) is 5.91 Å². The second kappa shape index (κ2) is 10.3. The molecule has 0 spiro atoms. The van der Waals surface area contributed by atoms with Crippen LogP contribution in [-0.4, -0.2) is 40.3 Å². The quantitative estimate of drug-likeness (QED) is 0.592. The number of nitrogens with one attached hydrogen (secondary N) is 2. The van der Waals surface area contributed by atoms with E-state index in [1.54, 1.807) is 25.3 Å². The molecule has 0 bridgehead atoms. The van der Waals surface area contributed by atoms with Crippen LogP contribution in [0.2, 0.25) is 0 Å². The third kappa shape index (κ3) is 6.67. The first-order valence-electron chi connectivity index (χ1n) is 10.5. The molecule has 0 heterocycles. The number of amides is 1. The Balaban J connectivity index is 1.52. The molecule has 9 heteroatoms. The van der Waals surface area contributed by atoms with Crippen LogP contribution in [0.5, 0.6) is 11.5 Å². The van der Waals surface area contributed by atoms with Gasteiger partial charge in [0.1, 0.15) is 17.3 Å². The predicted octanol–water partition coefficient (Wildman–Crippen LogP) is 3.28. The average molecular weight is 465 g/mol. The van der Waals surface area contributed by atoms with Crippen molar-refractivity contribution in [1.29, 1.82) is 0 Å². The largest absolute Gasteiger partial charge is 0.496 e. The van der Waals surface area contributed by atoms with Crippen LogP contribution in [0, 0.1) is 5.82 Å². The highest BCUT2D eigenvalue weighted by molar-refractivity contribution is 7.89. The van der Waals surface area contributed by atoms with Gasteiger partial charge < -0.3 is 14.8 Å². The van der Waals surface area contributed by atoms with E-state index in [1.165, 1.54) is 17.7 Å². The number of benzene rings is 2. The summed E-state index contributed by atoms with van der Waals surface area (Å²) in [6.45, 7) is 1.68. The second-order valence-electron chi connectivity index (χ2n) is 8.14. The molecule has 7 nitrogen and oxygen atoms in total. The van der Waals surface area contributed by atoms with E-state index in [4.69, 9.17) is 9.47 Å². The number of sulfonamides is 1. The van der Waals surface area contributed by atoms with E-state index in [0.29, 0.717) is 23.5 Å². The van der Waals surface area contributed by atoms with Gasteiger partial charge in [0.2, 0.25) is 10.0 Å². The van der Waals surface area contributed by atoms with Crippen LogP contribution in [0.3, 0.4) is 0 Å². The Labute approximate surface area is 188 Å². The highest BCUT2D eigenvalue weighted by Crippen LogP contribution is 2.36. The van der Waals surface area contributed by atoms with E-state index in [9.17, 15) is 17.6 Å². The lowest BCUT2D eigenvalue weighted by atomic mass is 9.97. The Morgan fingerprint density at radius 2 is 1.91 bits per heavy atom. The number of rotatable bonds is 9. The Hall–Kier alpha value is -2.65. The molecule has 1 fully saturated rings. The number of carbonyl (C=O) groups excluding carboxylic acids is 1. The molecule has 0 aliphatic heterocycles. The molecule has 1 aliphatic rings. The molecule has 32 heavy (non-hydrogen) atoms. The lowest BCUT2D eigenvalue weighted by molar-refractivity contribution is -0.121. The molecular formula is C23H29FN2O5S. The molecule has 0 aromatic heterocycles. The van der Waals surface area contributed by atoms with E-state index in [-0.39, 0.29) is 18.5 Å². The topological polar surface area (TPSA) is 93.7 Å². The maximum atomic E-state index is 13.5. The Morgan fingerprint density at radius 3 is 2.56 bits per heavy atom. The highest BCUT2D eigenvalue weighted by Gasteiger charge is 2.27. The maximum absolute atomic E-state index is 13.5. The number of halogens is 1. The van der Waals surface area contributed by atoms with Gasteiger partial charge in [0.15, 0.2) is 6.61 Å². The van der Waals surface area contributed by atoms with E-state index in [0.717, 1.165) is 31.1 Å². The van der Waals surface area contributed by atoms with Crippen LogP contribution in [0.25, 0.3) is 0 Å². The van der Waals surface area contributed by atoms with Crippen molar-refractivity contribution in [2.45, 2.75) is 44.2 Å². The fourth-order valence-electron chi connectivity index (χ4n) is 4.14. The minimum Gasteiger partial charge on any atom is -0.496 e. The fraction of sp³-hybridized carbons (Fsp3) is 0.435. The van der Waals surface area contributed by atoms with Crippen LogP contribution in [0.4, 0.5) is 4.39 Å². The highest BCUT2D eigenvalue weighted by atomic mass is 32.2. The van der Waals surface area contributed by atoms with Gasteiger partial charge in [-0.1, -0.05) is 18.2 Å². The molecule has 1 aliphatic carbocycles. The van der Waals surface area contributed by atoms with Crippen molar-refractivity contribution in [3.8, 4) is 11.5 Å². The predicted molar refractivity (Wildman–Crippen MR) is 120 cm³/mol. The third-order valence-electron chi connectivity index (χ3n) is 5.60. The molecule has 0 radical (unpaired) electrons. The first kappa shape index (κ1) is 24.0. The van der Waals surface area contributed by atoms with E-state index < -0.39 is 15.9 Å². The summed E-state index contributed by atoms with van der Waals surface area (Å²) in [5, 5.41) is 3.63. The smallest absolute Gasteiger partial charge is 0.271 e. The van der Waals surface area contributed by atoms with Gasteiger partial charge in [-0.3, -0.25) is 9.52 Å². The molecule has 2 aromatic rings. The zero-order valence-electron chi connectivity index (χ0n) is 18.4. The lowest BCUT2D eigenvalue weighted by Crippen LogP contribution is -2.33. The zero-order valence-corrected chi connectivity index (χ0v) is 19.2. The number of methoxy groups -OCH3 is 1. The maximum Gasteiger partial charge on any atom is 0.271 e. The molecule has 3 rings (SSSR count). The Kier molecular flexibility index (Phi) is 7.73. The molecule has 2 aromatic carbocycles. The van der Waals surface area contributed by atoms with Crippen molar-refractivity contribution in [2.24, 2.45) is 0 Å². The van der Waals surface area contributed by atoms with Crippen molar-refractivity contribution < 1.29 is 27.1 Å². The molecular weight excluding hydrogens is 435 g/mol. The van der Waals surface area contributed by atoms with Gasteiger partial charge >= 0.3 is 0 Å². The minimum absolute atomic E-state index is 0.0307. The molecule has 1 saturated carbocycles. The van der Waals surface area contributed by atoms with Gasteiger partial charge in [-0.2, -0.15) is 0 Å². The van der Waals surface area contributed by atoms with E-state index in [1.807, 2.05) is 16.9 Å². The first-order valence-corrected chi connectivity index (χ1v) is 12.4. The molecule has 2 N–H and O–H groups in total. The minimum atomic E-state index is -3.59. The summed E-state index contributed by atoms with van der Waals surface area (Å²) >= 11 is 0. The van der Waals surface area contributed by atoms with E-state index in [2.05, 4.69) is 12.2 Å². The van der Waals surface area contributed by atoms with Crippen molar-refractivity contribution in [1.82, 2.24) is 10.0 Å². The summed E-state index contributed by atoms with van der Waals surface area (Å²) in [5.74, 6) is 0.412. The van der Waals surface area contributed by atoms with Gasteiger partial charge in [-0.05, 0) is 55.9 Å². The second-order valence-corrected chi connectivity index (χ2v) is 9.89. The average Bonchev–Trinajstić information content (AvgIpc) is 3.19. The monoisotopic (exact) mass is 464 g/mol. The summed E-state index contributed by atoms with van der Waals surface area (Å²) in [4.78, 5) is 11.5. The Bertz CT molecular complexity index is 1040. The van der Waals surface area contributed by atoms with Crippen LogP contribution in [-0.2, 0) is 14.8 Å². The van der Waals surface area contributed by atoms with Crippen LogP contribution < -0.4 is 19.5 Å². The standard InChI is InChI=1S/C23H29FN2O5S/c1-15(21-11-7-18(24)13-22(21)30-2)25-19-8-4-17(12-19)16-5-9-20(10-6-16)31-14-23(27)26-32(3,28)29/h5-7,9-11,13,15,17,19,25H,4,8,12,14H2,1-3H3,(H,26,27)/t15-,17?,19-/m1/s1. The Morgan fingerprint density at radius 1 is 1.19 bits per heavy atom. The van der Waals surface area contributed by atoms with Crippen LogP contribution in [0.1, 0.15) is 49.3 Å². The SMILES string of the molecule is COc1cc(F)ccc1[C@@H](C)N[C@@H]1CCC(c2ccc(OCC(=O)NS(C)(=O)=O)cc2)C1. The van der Waals surface area contributed by atoms with Gasteiger partial charge in [0.05, 0.1) is 13.4 Å². The van der Waals surface area contributed by atoms with Crippen molar-refractivity contribution >= 4 is 15.9 Å². The number of carbonyl (C=O) groups is 1. The summed E-state index contributed by atoms with van der Waals surface area (Å²) < 4.78 is 48.1. The summed E-state index contributed by atoms with van der Waals surface area (Å²) in [6, 6.07) is 12.5. The van der Waals surface area contributed by atoms with Crippen LogP contribution >= 0.6 is 0 Å². The molecule has 3 atom stereocenters. The van der Waals surface area contributed by atoms with Crippen molar-refractivity contribution in [3.05, 3.63) is 59.4 Å². The number of hydrogen-bond acceptors (Lipinski definition) is 6. The molecule has 1 unspecified atom stereocenters. The van der Waals surface area contributed by atoms with Crippen molar-refractivity contribution in [3.63, 3.8) is 0 Å². The van der Waals surface area contributed by atoms with E-state index >= 15 is 0 Å². The normalized spacial score (nSPS) is 19.4. The van der Waals surface area contributed by atoms with Crippen molar-refractivity contribution in [2.75, 3.05) is 20.0 Å². The van der Waals surface area contributed by atoms with Crippen LogP contribution in [0.15, 0.2) is 42.5 Å². The summed E-state index contributed by atoms with van der Waals surface area (Å²) in [5.41, 5.74) is 2.12. The fourth-order valence-corrected chi connectivity index (χ4v) is 4.62. The first-order chi connectivity index (χ1) is 15.1. The third-order valence-corrected chi connectivity index (χ3v) is 6.20. The van der Waals surface area contributed by atoms with Gasteiger partial charge in [-0.15, -0.1) is 0 Å². The van der Waals surface area contributed by atoms with Gasteiger partial charge in [-0.25, -0.2) is 12.8 Å². The molecule has 0 saturated heterocycles. The molecule has 1 amide bonds. The summed E-state index contributed by atoms with van der Waals surface area (Å²) in [7, 11) is -2.05. The number of hydrogen-bond donors (Lipinski definition) is 2.